The van der Waals surface area contributed by atoms with Gasteiger partial charge in [-0.1, -0.05) is 11.2 Å². The third kappa shape index (κ3) is 2.03. The molecule has 6 heteroatoms. The number of hydrogen-bond acceptors (Lipinski definition) is 6. The van der Waals surface area contributed by atoms with E-state index in [-0.39, 0.29) is 5.75 Å². The summed E-state index contributed by atoms with van der Waals surface area (Å²) in [4.78, 5) is 12.3. The van der Waals surface area contributed by atoms with Crippen molar-refractivity contribution in [3.63, 3.8) is 0 Å². The van der Waals surface area contributed by atoms with Crippen molar-refractivity contribution in [2.24, 2.45) is 0 Å². The van der Waals surface area contributed by atoms with Gasteiger partial charge in [-0.05, 0) is 19.1 Å². The van der Waals surface area contributed by atoms with Gasteiger partial charge in [0.1, 0.15) is 11.4 Å². The molecule has 0 radical (unpaired) electrons. The summed E-state index contributed by atoms with van der Waals surface area (Å²) in [5.41, 5.74) is 1.93. The van der Waals surface area contributed by atoms with E-state index in [1.54, 1.807) is 37.6 Å². The Morgan fingerprint density at radius 2 is 2.11 bits per heavy atom. The summed E-state index contributed by atoms with van der Waals surface area (Å²) in [6, 6.07) is 5.14. The summed E-state index contributed by atoms with van der Waals surface area (Å²) < 4.78 is 5.20. The molecule has 0 unspecified atom stereocenters. The van der Waals surface area contributed by atoms with E-state index in [0.717, 1.165) is 0 Å². The van der Waals surface area contributed by atoms with Crippen LogP contribution in [0.15, 0.2) is 41.3 Å². The zero-order valence-corrected chi connectivity index (χ0v) is 10.1. The summed E-state index contributed by atoms with van der Waals surface area (Å²) in [6.07, 6.45) is 4.69. The Labute approximate surface area is 108 Å². The Morgan fingerprint density at radius 1 is 1.21 bits per heavy atom. The SMILES string of the molecule is Cc1c(O)cccc1-c1nc(-c2cnccn2)no1. The van der Waals surface area contributed by atoms with E-state index in [1.165, 1.54) is 0 Å². The van der Waals surface area contributed by atoms with Gasteiger partial charge in [-0.15, -0.1) is 0 Å². The number of phenolic OH excluding ortho intramolecular Hbond substituents is 1. The minimum Gasteiger partial charge on any atom is -0.508 e. The van der Waals surface area contributed by atoms with E-state index in [0.29, 0.717) is 28.5 Å². The van der Waals surface area contributed by atoms with Crippen LogP contribution in [0.3, 0.4) is 0 Å². The van der Waals surface area contributed by atoms with Crippen molar-refractivity contribution < 1.29 is 9.63 Å². The number of benzene rings is 1. The molecule has 19 heavy (non-hydrogen) atoms. The summed E-state index contributed by atoms with van der Waals surface area (Å²) in [7, 11) is 0. The van der Waals surface area contributed by atoms with Crippen LogP contribution in [-0.4, -0.2) is 25.2 Å². The molecule has 6 nitrogen and oxygen atoms in total. The smallest absolute Gasteiger partial charge is 0.258 e. The lowest BCUT2D eigenvalue weighted by Crippen LogP contribution is -1.87. The highest BCUT2D eigenvalue weighted by molar-refractivity contribution is 5.63. The third-order valence-corrected chi connectivity index (χ3v) is 2.75. The molecule has 1 aromatic carbocycles. The monoisotopic (exact) mass is 254 g/mol. The molecule has 3 rings (SSSR count). The average molecular weight is 254 g/mol. The molecule has 0 aliphatic carbocycles. The molecule has 2 heterocycles. The zero-order valence-electron chi connectivity index (χ0n) is 10.1. The van der Waals surface area contributed by atoms with Gasteiger partial charge in [-0.25, -0.2) is 4.98 Å². The molecule has 0 aliphatic rings. The number of nitrogens with zero attached hydrogens (tertiary/aromatic N) is 4. The first-order chi connectivity index (χ1) is 9.25. The summed E-state index contributed by atoms with van der Waals surface area (Å²) in [6.45, 7) is 1.79. The van der Waals surface area contributed by atoms with Gasteiger partial charge < -0.3 is 9.63 Å². The fraction of sp³-hybridized carbons (Fsp3) is 0.0769. The minimum atomic E-state index is 0.191. The van der Waals surface area contributed by atoms with Gasteiger partial charge in [0, 0.05) is 23.5 Å². The van der Waals surface area contributed by atoms with Gasteiger partial charge in [-0.3, -0.25) is 4.98 Å². The Kier molecular flexibility index (Phi) is 2.68. The lowest BCUT2D eigenvalue weighted by molar-refractivity contribution is 0.430. The zero-order chi connectivity index (χ0) is 13.2. The van der Waals surface area contributed by atoms with Crippen molar-refractivity contribution in [1.29, 1.82) is 0 Å². The van der Waals surface area contributed by atoms with Crippen LogP contribution in [0.2, 0.25) is 0 Å². The van der Waals surface area contributed by atoms with Crippen molar-refractivity contribution in [3.05, 3.63) is 42.4 Å². The number of aromatic nitrogens is 4. The largest absolute Gasteiger partial charge is 0.508 e. The van der Waals surface area contributed by atoms with E-state index in [4.69, 9.17) is 4.52 Å². The number of hydrogen-bond donors (Lipinski definition) is 1. The van der Waals surface area contributed by atoms with Crippen molar-refractivity contribution >= 4 is 0 Å². The van der Waals surface area contributed by atoms with Gasteiger partial charge in [0.05, 0.1) is 6.20 Å². The second-order valence-corrected chi connectivity index (χ2v) is 3.96. The number of aromatic hydroxyl groups is 1. The van der Waals surface area contributed by atoms with Crippen LogP contribution in [-0.2, 0) is 0 Å². The second-order valence-electron chi connectivity index (χ2n) is 3.96. The maximum atomic E-state index is 9.67. The van der Waals surface area contributed by atoms with Crippen LogP contribution in [0.1, 0.15) is 5.56 Å². The molecular weight excluding hydrogens is 244 g/mol. The Balaban J connectivity index is 2.05. The molecule has 1 N–H and O–H groups in total. The minimum absolute atomic E-state index is 0.191. The van der Waals surface area contributed by atoms with Gasteiger partial charge in [0.15, 0.2) is 0 Å². The highest BCUT2D eigenvalue weighted by Gasteiger charge is 2.14. The predicted molar refractivity (Wildman–Crippen MR) is 67.2 cm³/mol. The summed E-state index contributed by atoms with van der Waals surface area (Å²) in [5, 5.41) is 13.5. The lowest BCUT2D eigenvalue weighted by atomic mass is 10.1. The molecule has 0 bridgehead atoms. The van der Waals surface area contributed by atoms with E-state index in [1.807, 2.05) is 6.07 Å². The lowest BCUT2D eigenvalue weighted by Gasteiger charge is -2.01. The number of phenols is 1. The van der Waals surface area contributed by atoms with E-state index >= 15 is 0 Å². The summed E-state index contributed by atoms with van der Waals surface area (Å²) in [5.74, 6) is 0.900. The van der Waals surface area contributed by atoms with Crippen molar-refractivity contribution in [2.75, 3.05) is 0 Å². The van der Waals surface area contributed by atoms with E-state index in [9.17, 15) is 5.11 Å². The van der Waals surface area contributed by atoms with Crippen LogP contribution in [0.25, 0.3) is 23.0 Å². The topological polar surface area (TPSA) is 84.9 Å². The molecule has 0 atom stereocenters. The summed E-state index contributed by atoms with van der Waals surface area (Å²) >= 11 is 0. The Hall–Kier alpha value is -2.76. The van der Waals surface area contributed by atoms with Gasteiger partial charge >= 0.3 is 0 Å². The van der Waals surface area contributed by atoms with E-state index in [2.05, 4.69) is 20.1 Å². The standard InChI is InChI=1S/C13H10N4O2/c1-8-9(3-2-4-11(8)18)13-16-12(17-19-13)10-7-14-5-6-15-10/h2-7,18H,1H3. The highest BCUT2D eigenvalue weighted by Crippen LogP contribution is 2.28. The molecule has 0 saturated carbocycles. The van der Waals surface area contributed by atoms with Crippen molar-refractivity contribution in [1.82, 2.24) is 20.1 Å². The van der Waals surface area contributed by atoms with Gasteiger partial charge in [0.25, 0.3) is 5.89 Å². The van der Waals surface area contributed by atoms with Crippen LogP contribution < -0.4 is 0 Å². The first-order valence-corrected chi connectivity index (χ1v) is 5.65. The van der Waals surface area contributed by atoms with Crippen LogP contribution >= 0.6 is 0 Å². The molecule has 94 valence electrons. The van der Waals surface area contributed by atoms with Crippen molar-refractivity contribution in [2.45, 2.75) is 6.92 Å². The molecule has 0 spiro atoms. The fourth-order valence-electron chi connectivity index (χ4n) is 1.71. The number of rotatable bonds is 2. The predicted octanol–water partition coefficient (Wildman–Crippen LogP) is 2.21. The maximum Gasteiger partial charge on any atom is 0.258 e. The molecular formula is C13H10N4O2. The van der Waals surface area contributed by atoms with Crippen LogP contribution in [0.5, 0.6) is 5.75 Å². The average Bonchev–Trinajstić information content (AvgIpc) is 2.92. The molecule has 2 aromatic heterocycles. The van der Waals surface area contributed by atoms with Crippen LogP contribution in [0, 0.1) is 6.92 Å². The third-order valence-electron chi connectivity index (χ3n) is 2.75. The van der Waals surface area contributed by atoms with Gasteiger partial charge in [0.2, 0.25) is 5.82 Å². The first-order valence-electron chi connectivity index (χ1n) is 5.65. The molecule has 0 fully saturated rings. The molecule has 0 aliphatic heterocycles. The normalized spacial score (nSPS) is 10.6. The second kappa shape index (κ2) is 4.49. The molecule has 0 amide bonds. The van der Waals surface area contributed by atoms with Crippen molar-refractivity contribution in [3.8, 4) is 28.7 Å². The first kappa shape index (κ1) is 11.3. The van der Waals surface area contributed by atoms with Gasteiger partial charge in [-0.2, -0.15) is 4.98 Å². The molecule has 3 aromatic rings. The molecule has 0 saturated heterocycles. The maximum absolute atomic E-state index is 9.67. The quantitative estimate of drug-likeness (QED) is 0.754. The Bertz CT molecular complexity index is 710. The fourth-order valence-corrected chi connectivity index (χ4v) is 1.71. The highest BCUT2D eigenvalue weighted by atomic mass is 16.5. The van der Waals surface area contributed by atoms with E-state index < -0.39 is 0 Å². The van der Waals surface area contributed by atoms with Crippen LogP contribution in [0.4, 0.5) is 0 Å². The Morgan fingerprint density at radius 3 is 2.89 bits per heavy atom.